The van der Waals surface area contributed by atoms with Gasteiger partial charge in [0.05, 0.1) is 5.69 Å². The first kappa shape index (κ1) is 11.3. The Bertz CT molecular complexity index is 594. The molecule has 2 rings (SSSR count). The first-order valence-electron chi connectivity index (χ1n) is 5.08. The highest BCUT2D eigenvalue weighted by atomic mass is 16.2. The Kier molecular flexibility index (Phi) is 2.63. The van der Waals surface area contributed by atoms with E-state index in [0.29, 0.717) is 5.69 Å². The first-order valence-corrected chi connectivity index (χ1v) is 5.08. The van der Waals surface area contributed by atoms with Crippen molar-refractivity contribution in [2.24, 2.45) is 14.1 Å². The SMILES string of the molecule is Cc1cc(C(=O)C(=O)c2ccnn2C)n(C)n1. The van der Waals surface area contributed by atoms with Gasteiger partial charge in [0, 0.05) is 20.3 Å². The molecule has 0 saturated carbocycles. The van der Waals surface area contributed by atoms with Crippen molar-refractivity contribution < 1.29 is 9.59 Å². The summed E-state index contributed by atoms with van der Waals surface area (Å²) in [6, 6.07) is 3.11. The largest absolute Gasteiger partial charge is 0.283 e. The lowest BCUT2D eigenvalue weighted by atomic mass is 10.1. The fourth-order valence-electron chi connectivity index (χ4n) is 1.65. The van der Waals surface area contributed by atoms with Gasteiger partial charge >= 0.3 is 0 Å². The van der Waals surface area contributed by atoms with E-state index in [0.717, 1.165) is 0 Å². The molecule has 0 amide bonds. The monoisotopic (exact) mass is 232 g/mol. The van der Waals surface area contributed by atoms with Crippen molar-refractivity contribution >= 4 is 11.6 Å². The molecule has 0 atom stereocenters. The Labute approximate surface area is 97.9 Å². The van der Waals surface area contributed by atoms with Gasteiger partial charge in [-0.25, -0.2) is 0 Å². The molecule has 0 bridgehead atoms. The van der Waals surface area contributed by atoms with E-state index in [2.05, 4.69) is 10.2 Å². The quantitative estimate of drug-likeness (QED) is 0.571. The van der Waals surface area contributed by atoms with E-state index < -0.39 is 11.6 Å². The van der Waals surface area contributed by atoms with Gasteiger partial charge in [0.1, 0.15) is 11.4 Å². The molecule has 2 aromatic rings. The molecule has 0 aromatic carbocycles. The maximum absolute atomic E-state index is 12.0. The summed E-state index contributed by atoms with van der Waals surface area (Å²) in [5.74, 6) is -1.15. The molecule has 0 fully saturated rings. The molecule has 0 unspecified atom stereocenters. The van der Waals surface area contributed by atoms with E-state index in [4.69, 9.17) is 0 Å². The standard InChI is InChI=1S/C11H12N4O2/c1-7-6-9(15(3)13-7)11(17)10(16)8-4-5-12-14(8)2/h4-6H,1-3H3. The number of rotatable bonds is 3. The van der Waals surface area contributed by atoms with Crippen molar-refractivity contribution in [2.75, 3.05) is 0 Å². The number of hydrogen-bond acceptors (Lipinski definition) is 4. The minimum absolute atomic E-state index is 0.272. The van der Waals surface area contributed by atoms with Crippen LogP contribution in [-0.2, 0) is 14.1 Å². The normalized spacial score (nSPS) is 10.5. The van der Waals surface area contributed by atoms with Gasteiger partial charge in [-0.3, -0.25) is 19.0 Å². The fraction of sp³-hybridized carbons (Fsp3) is 0.273. The van der Waals surface area contributed by atoms with Gasteiger partial charge < -0.3 is 0 Å². The number of carbonyl (C=O) groups excluding carboxylic acids is 2. The predicted octanol–water partition coefficient (Wildman–Crippen LogP) is 0.528. The molecule has 2 heterocycles. The number of ketones is 2. The Morgan fingerprint density at radius 1 is 1.12 bits per heavy atom. The topological polar surface area (TPSA) is 69.8 Å². The van der Waals surface area contributed by atoms with Gasteiger partial charge in [-0.2, -0.15) is 10.2 Å². The Hall–Kier alpha value is -2.24. The van der Waals surface area contributed by atoms with E-state index in [1.165, 1.54) is 21.6 Å². The van der Waals surface area contributed by atoms with Crippen LogP contribution in [0.25, 0.3) is 0 Å². The molecular formula is C11H12N4O2. The van der Waals surface area contributed by atoms with Crippen molar-refractivity contribution in [3.63, 3.8) is 0 Å². The molecule has 0 saturated heterocycles. The van der Waals surface area contributed by atoms with Crippen molar-refractivity contribution in [1.82, 2.24) is 19.6 Å². The Morgan fingerprint density at radius 3 is 2.24 bits per heavy atom. The van der Waals surface area contributed by atoms with E-state index in [1.54, 1.807) is 27.1 Å². The van der Waals surface area contributed by atoms with Gasteiger partial charge in [0.15, 0.2) is 0 Å². The van der Waals surface area contributed by atoms with Gasteiger partial charge in [0.25, 0.3) is 11.6 Å². The van der Waals surface area contributed by atoms with Gasteiger partial charge in [0.2, 0.25) is 0 Å². The van der Waals surface area contributed by atoms with Gasteiger partial charge in [-0.05, 0) is 19.1 Å². The molecule has 6 heteroatoms. The van der Waals surface area contributed by atoms with Crippen molar-refractivity contribution in [3.8, 4) is 0 Å². The van der Waals surface area contributed by atoms with E-state index >= 15 is 0 Å². The zero-order chi connectivity index (χ0) is 12.6. The molecule has 0 radical (unpaired) electrons. The zero-order valence-corrected chi connectivity index (χ0v) is 9.84. The summed E-state index contributed by atoms with van der Waals surface area (Å²) in [7, 11) is 3.26. The molecule has 0 aliphatic heterocycles. The smallest absolute Gasteiger partial charge is 0.253 e. The van der Waals surface area contributed by atoms with Crippen molar-refractivity contribution in [2.45, 2.75) is 6.92 Å². The summed E-state index contributed by atoms with van der Waals surface area (Å²) in [4.78, 5) is 23.9. The number of Topliss-reactive ketones (excluding diaryl/α,β-unsaturated/α-hetero) is 2. The average Bonchev–Trinajstić information content (AvgIpc) is 2.82. The van der Waals surface area contributed by atoms with E-state index in [1.807, 2.05) is 0 Å². The van der Waals surface area contributed by atoms with E-state index in [-0.39, 0.29) is 11.4 Å². The lowest BCUT2D eigenvalue weighted by molar-refractivity contribution is 0.0805. The number of hydrogen-bond donors (Lipinski definition) is 0. The fourth-order valence-corrected chi connectivity index (χ4v) is 1.65. The molecule has 17 heavy (non-hydrogen) atoms. The lowest BCUT2D eigenvalue weighted by Crippen LogP contribution is -2.20. The van der Waals surface area contributed by atoms with Crippen LogP contribution in [0.5, 0.6) is 0 Å². The molecule has 88 valence electrons. The van der Waals surface area contributed by atoms with Crippen molar-refractivity contribution in [3.05, 3.63) is 35.4 Å². The first-order chi connectivity index (χ1) is 8.00. The molecule has 6 nitrogen and oxygen atoms in total. The van der Waals surface area contributed by atoms with Crippen LogP contribution < -0.4 is 0 Å². The molecule has 0 aliphatic carbocycles. The Balaban J connectivity index is 2.36. The third-order valence-corrected chi connectivity index (χ3v) is 2.49. The third kappa shape index (κ3) is 1.89. The zero-order valence-electron chi connectivity index (χ0n) is 9.84. The maximum atomic E-state index is 12.0. The van der Waals surface area contributed by atoms with Crippen molar-refractivity contribution in [1.29, 1.82) is 0 Å². The van der Waals surface area contributed by atoms with Crippen LogP contribution in [-0.4, -0.2) is 31.1 Å². The molecule has 0 aliphatic rings. The lowest BCUT2D eigenvalue weighted by Gasteiger charge is -2.01. The van der Waals surface area contributed by atoms with Crippen LogP contribution in [0.4, 0.5) is 0 Å². The number of aryl methyl sites for hydroxylation is 3. The Morgan fingerprint density at radius 2 is 1.76 bits per heavy atom. The third-order valence-electron chi connectivity index (χ3n) is 2.49. The summed E-state index contributed by atoms with van der Waals surface area (Å²) in [5.41, 5.74) is 1.26. The van der Waals surface area contributed by atoms with Crippen LogP contribution in [0, 0.1) is 6.92 Å². The number of nitrogens with zero attached hydrogens (tertiary/aromatic N) is 4. The maximum Gasteiger partial charge on any atom is 0.253 e. The highest BCUT2D eigenvalue weighted by molar-refractivity contribution is 6.48. The second kappa shape index (κ2) is 3.97. The summed E-state index contributed by atoms with van der Waals surface area (Å²) < 4.78 is 2.79. The predicted molar refractivity (Wildman–Crippen MR) is 59.8 cm³/mol. The van der Waals surface area contributed by atoms with Crippen LogP contribution in [0.3, 0.4) is 0 Å². The van der Waals surface area contributed by atoms with Crippen LogP contribution >= 0.6 is 0 Å². The van der Waals surface area contributed by atoms with Crippen LogP contribution in [0.15, 0.2) is 18.3 Å². The highest BCUT2D eigenvalue weighted by Crippen LogP contribution is 2.08. The molecule has 2 aromatic heterocycles. The summed E-state index contributed by atoms with van der Waals surface area (Å²) >= 11 is 0. The molecular weight excluding hydrogens is 220 g/mol. The minimum atomic E-state index is -0.576. The average molecular weight is 232 g/mol. The van der Waals surface area contributed by atoms with Crippen LogP contribution in [0.2, 0.25) is 0 Å². The van der Waals surface area contributed by atoms with E-state index in [9.17, 15) is 9.59 Å². The second-order valence-electron chi connectivity index (χ2n) is 3.79. The van der Waals surface area contributed by atoms with Gasteiger partial charge in [-0.1, -0.05) is 0 Å². The number of carbonyl (C=O) groups is 2. The van der Waals surface area contributed by atoms with Gasteiger partial charge in [-0.15, -0.1) is 0 Å². The summed E-state index contributed by atoms with van der Waals surface area (Å²) in [6.07, 6.45) is 1.48. The second-order valence-corrected chi connectivity index (χ2v) is 3.79. The number of aromatic nitrogens is 4. The minimum Gasteiger partial charge on any atom is -0.283 e. The van der Waals surface area contributed by atoms with Crippen LogP contribution in [0.1, 0.15) is 26.7 Å². The summed E-state index contributed by atoms with van der Waals surface area (Å²) in [5, 5.41) is 7.90. The highest BCUT2D eigenvalue weighted by Gasteiger charge is 2.23. The summed E-state index contributed by atoms with van der Waals surface area (Å²) in [6.45, 7) is 1.77. The molecule has 0 spiro atoms. The molecule has 0 N–H and O–H groups in total.